The SMILES string of the molecule is c1ccc(-c2nc(-c3ccccc3)nc(-c3ccc4c(c3)-c3cc(-n5c6ccccc6c6cc(-c7ccc8c(c7)c7ccccc7n8-c7ccccc7)ccc65)ccc3C4)n2)cc1. The van der Waals surface area contributed by atoms with E-state index in [1.54, 1.807) is 0 Å². The van der Waals surface area contributed by atoms with Gasteiger partial charge in [-0.1, -0.05) is 146 Å². The Labute approximate surface area is 363 Å². The fourth-order valence-electron chi connectivity index (χ4n) is 9.81. The molecule has 0 aliphatic heterocycles. The van der Waals surface area contributed by atoms with Gasteiger partial charge >= 0.3 is 0 Å². The number of benzene rings is 9. The largest absolute Gasteiger partial charge is 0.309 e. The molecule has 0 bridgehead atoms. The molecule has 5 heteroatoms. The molecule has 9 aromatic carbocycles. The van der Waals surface area contributed by atoms with E-state index in [4.69, 9.17) is 15.0 Å². The van der Waals surface area contributed by atoms with Crippen molar-refractivity contribution >= 4 is 43.6 Å². The first-order valence-corrected chi connectivity index (χ1v) is 21.5. The van der Waals surface area contributed by atoms with Crippen LogP contribution < -0.4 is 0 Å². The number of nitrogens with zero attached hydrogens (tertiary/aromatic N) is 5. The van der Waals surface area contributed by atoms with E-state index in [-0.39, 0.29) is 0 Å². The van der Waals surface area contributed by atoms with Crippen molar-refractivity contribution in [3.63, 3.8) is 0 Å². The minimum Gasteiger partial charge on any atom is -0.309 e. The van der Waals surface area contributed by atoms with E-state index in [1.807, 2.05) is 36.4 Å². The molecular weight excluding hydrogens is 767 g/mol. The monoisotopic (exact) mass is 803 g/mol. The summed E-state index contributed by atoms with van der Waals surface area (Å²) < 4.78 is 4.80. The molecule has 0 saturated carbocycles. The highest BCUT2D eigenvalue weighted by atomic mass is 15.0. The van der Waals surface area contributed by atoms with Gasteiger partial charge in [0.25, 0.3) is 0 Å². The topological polar surface area (TPSA) is 48.5 Å². The van der Waals surface area contributed by atoms with Crippen molar-refractivity contribution < 1.29 is 0 Å². The second-order valence-corrected chi connectivity index (χ2v) is 16.4. The zero-order valence-electron chi connectivity index (χ0n) is 34.2. The molecule has 3 aromatic heterocycles. The Morgan fingerprint density at radius 1 is 0.286 bits per heavy atom. The van der Waals surface area contributed by atoms with Crippen LogP contribution in [0.5, 0.6) is 0 Å². The lowest BCUT2D eigenvalue weighted by Crippen LogP contribution is -2.00. The molecule has 294 valence electrons. The van der Waals surface area contributed by atoms with Gasteiger partial charge in [0.2, 0.25) is 0 Å². The Morgan fingerprint density at radius 3 is 1.29 bits per heavy atom. The maximum atomic E-state index is 5.05. The van der Waals surface area contributed by atoms with Gasteiger partial charge in [-0.25, -0.2) is 15.0 Å². The highest BCUT2D eigenvalue weighted by Crippen LogP contribution is 2.43. The lowest BCUT2D eigenvalue weighted by atomic mass is 10.0. The molecule has 12 aromatic rings. The number of aromatic nitrogens is 5. The molecule has 0 unspecified atom stereocenters. The Kier molecular flexibility index (Phi) is 7.90. The highest BCUT2D eigenvalue weighted by molar-refractivity contribution is 6.12. The number of hydrogen-bond acceptors (Lipinski definition) is 3. The molecule has 0 amide bonds. The van der Waals surface area contributed by atoms with Crippen LogP contribution in [0.3, 0.4) is 0 Å². The molecule has 1 aliphatic carbocycles. The van der Waals surface area contributed by atoms with Crippen LogP contribution >= 0.6 is 0 Å². The first kappa shape index (κ1) is 35.4. The van der Waals surface area contributed by atoms with E-state index < -0.39 is 0 Å². The Bertz CT molecular complexity index is 3700. The van der Waals surface area contributed by atoms with Gasteiger partial charge in [-0.05, 0) is 107 Å². The van der Waals surface area contributed by atoms with Crippen LogP contribution in [0, 0.1) is 0 Å². The summed E-state index contributed by atoms with van der Waals surface area (Å²) >= 11 is 0. The number of hydrogen-bond donors (Lipinski definition) is 0. The summed E-state index contributed by atoms with van der Waals surface area (Å²) in [6, 6.07) is 76.0. The molecule has 0 spiro atoms. The summed E-state index contributed by atoms with van der Waals surface area (Å²) in [6.07, 6.45) is 0.887. The highest BCUT2D eigenvalue weighted by Gasteiger charge is 2.23. The quantitative estimate of drug-likeness (QED) is 0.168. The molecule has 0 atom stereocenters. The van der Waals surface area contributed by atoms with Crippen molar-refractivity contribution in [1.82, 2.24) is 24.1 Å². The summed E-state index contributed by atoms with van der Waals surface area (Å²) in [4.78, 5) is 15.0. The lowest BCUT2D eigenvalue weighted by Gasteiger charge is -2.12. The van der Waals surface area contributed by atoms with Crippen LogP contribution in [-0.4, -0.2) is 24.1 Å². The first-order valence-electron chi connectivity index (χ1n) is 21.5. The van der Waals surface area contributed by atoms with Crippen LogP contribution in [0.2, 0.25) is 0 Å². The van der Waals surface area contributed by atoms with Crippen molar-refractivity contribution in [3.05, 3.63) is 223 Å². The number of fused-ring (bicyclic) bond motifs is 9. The first-order chi connectivity index (χ1) is 31.2. The van der Waals surface area contributed by atoms with E-state index in [2.05, 4.69) is 185 Å². The molecule has 13 rings (SSSR count). The van der Waals surface area contributed by atoms with Gasteiger partial charge in [-0.15, -0.1) is 0 Å². The molecule has 0 radical (unpaired) electrons. The second kappa shape index (κ2) is 14.1. The maximum Gasteiger partial charge on any atom is 0.164 e. The fraction of sp³-hybridized carbons (Fsp3) is 0.0172. The van der Waals surface area contributed by atoms with Crippen molar-refractivity contribution in [1.29, 1.82) is 0 Å². The maximum absolute atomic E-state index is 5.05. The van der Waals surface area contributed by atoms with Gasteiger partial charge in [0.15, 0.2) is 17.5 Å². The van der Waals surface area contributed by atoms with Crippen LogP contribution in [0.25, 0.3) is 111 Å². The normalized spacial score (nSPS) is 12.1. The average Bonchev–Trinajstić information content (AvgIpc) is 4.01. The van der Waals surface area contributed by atoms with Crippen molar-refractivity contribution in [2.45, 2.75) is 6.42 Å². The summed E-state index contributed by atoms with van der Waals surface area (Å²) in [6.45, 7) is 0. The molecule has 5 nitrogen and oxygen atoms in total. The van der Waals surface area contributed by atoms with E-state index >= 15 is 0 Å². The predicted octanol–water partition coefficient (Wildman–Crippen LogP) is 14.3. The van der Waals surface area contributed by atoms with E-state index in [0.717, 1.165) is 28.8 Å². The molecule has 0 fully saturated rings. The third-order valence-electron chi connectivity index (χ3n) is 12.8. The Hall–Kier alpha value is -8.41. The zero-order chi connectivity index (χ0) is 41.4. The molecule has 0 saturated heterocycles. The van der Waals surface area contributed by atoms with Crippen molar-refractivity contribution in [2.24, 2.45) is 0 Å². The molecular formula is C58H37N5. The minimum absolute atomic E-state index is 0.661. The van der Waals surface area contributed by atoms with E-state index in [1.165, 1.54) is 82.7 Å². The van der Waals surface area contributed by atoms with Crippen LogP contribution in [0.4, 0.5) is 0 Å². The van der Waals surface area contributed by atoms with Gasteiger partial charge in [0.05, 0.1) is 22.1 Å². The number of para-hydroxylation sites is 3. The molecule has 3 heterocycles. The van der Waals surface area contributed by atoms with Crippen LogP contribution in [0.15, 0.2) is 212 Å². The van der Waals surface area contributed by atoms with E-state index in [9.17, 15) is 0 Å². The summed E-state index contributed by atoms with van der Waals surface area (Å²) in [5, 5.41) is 4.97. The third kappa shape index (κ3) is 5.74. The Balaban J connectivity index is 0.916. The van der Waals surface area contributed by atoms with Gasteiger partial charge in [0.1, 0.15) is 0 Å². The van der Waals surface area contributed by atoms with E-state index in [0.29, 0.717) is 17.5 Å². The van der Waals surface area contributed by atoms with Crippen LogP contribution in [-0.2, 0) is 6.42 Å². The van der Waals surface area contributed by atoms with Gasteiger partial charge in [-0.3, -0.25) is 0 Å². The predicted molar refractivity (Wildman–Crippen MR) is 258 cm³/mol. The van der Waals surface area contributed by atoms with Crippen LogP contribution in [0.1, 0.15) is 11.1 Å². The second-order valence-electron chi connectivity index (χ2n) is 16.4. The van der Waals surface area contributed by atoms with Crippen molar-refractivity contribution in [3.8, 4) is 67.8 Å². The smallest absolute Gasteiger partial charge is 0.164 e. The summed E-state index contributed by atoms with van der Waals surface area (Å²) in [5.74, 6) is 1.98. The summed E-state index contributed by atoms with van der Waals surface area (Å²) in [7, 11) is 0. The van der Waals surface area contributed by atoms with Gasteiger partial charge < -0.3 is 9.13 Å². The van der Waals surface area contributed by atoms with Crippen molar-refractivity contribution in [2.75, 3.05) is 0 Å². The summed E-state index contributed by atoms with van der Waals surface area (Å²) in [5.41, 5.74) is 17.5. The Morgan fingerprint density at radius 2 is 0.714 bits per heavy atom. The van der Waals surface area contributed by atoms with Gasteiger partial charge in [-0.2, -0.15) is 0 Å². The molecule has 63 heavy (non-hydrogen) atoms. The zero-order valence-corrected chi connectivity index (χ0v) is 34.2. The fourth-order valence-corrected chi connectivity index (χ4v) is 9.81. The minimum atomic E-state index is 0.661. The molecule has 1 aliphatic rings. The average molecular weight is 804 g/mol. The number of rotatable bonds is 6. The third-order valence-corrected chi connectivity index (χ3v) is 12.8. The standard InChI is InChI=1S/C58H37N5/c1-4-14-37(15-5-1)56-59-57(38-16-6-2-7-17-38)61-58(60-56)43-25-24-41-32-42-26-29-45(36-49(42)48(41)35-43)63-53-23-13-11-21-47(53)51-34-40(28-31-55(51)63)39-27-30-54-50(33-39)46-20-10-12-22-52(46)62(54)44-18-8-3-9-19-44/h1-31,33-36H,32H2. The lowest BCUT2D eigenvalue weighted by molar-refractivity contribution is 1.07. The van der Waals surface area contributed by atoms with Gasteiger partial charge in [0, 0.05) is 49.6 Å². The molecule has 0 N–H and O–H groups in total.